The van der Waals surface area contributed by atoms with Gasteiger partial charge < -0.3 is 20.3 Å². The molecule has 2 rings (SSSR count). The summed E-state index contributed by atoms with van der Waals surface area (Å²) in [5, 5.41) is 32.3. The Balaban J connectivity index is 2.59. The average Bonchev–Trinajstić information content (AvgIpc) is 2.95. The van der Waals surface area contributed by atoms with Crippen molar-refractivity contribution in [1.29, 1.82) is 10.5 Å². The fraction of sp³-hybridized carbons (Fsp3) is 0.278. The number of aromatic nitrogens is 2. The quantitative estimate of drug-likeness (QED) is 0.643. The molecule has 0 spiro atoms. The zero-order valence-corrected chi connectivity index (χ0v) is 16.4. The lowest BCUT2D eigenvalue weighted by Crippen LogP contribution is -2.07. The molecule has 27 heavy (non-hydrogen) atoms. The summed E-state index contributed by atoms with van der Waals surface area (Å²) in [5.74, 6) is 1.17. The van der Waals surface area contributed by atoms with Gasteiger partial charge in [0.15, 0.2) is 11.5 Å². The zero-order valence-electron chi connectivity index (χ0n) is 14.9. The summed E-state index contributed by atoms with van der Waals surface area (Å²) in [4.78, 5) is 0. The number of aliphatic hydroxyl groups excluding tert-OH is 1. The normalized spacial score (nSPS) is 11.0. The number of methoxy groups -OCH3 is 1. The number of anilines is 1. The standard InChI is InChI=1S/C18H18BrN5O3/c1-3-27-15-8-11(7-14(19)17(15)26-2)6-12(9-20)16-13(10-21)18(22)24(23-16)4-5-25/h6-8,25H,3-5,22H2,1-2H3. The van der Waals surface area contributed by atoms with E-state index in [1.165, 1.54) is 11.8 Å². The van der Waals surface area contributed by atoms with Crippen LogP contribution in [0.2, 0.25) is 0 Å². The summed E-state index contributed by atoms with van der Waals surface area (Å²) < 4.78 is 12.9. The number of nitrogens with zero attached hydrogens (tertiary/aromatic N) is 4. The minimum Gasteiger partial charge on any atom is -0.492 e. The number of ether oxygens (including phenoxy) is 2. The fourth-order valence-corrected chi connectivity index (χ4v) is 3.11. The zero-order chi connectivity index (χ0) is 20.0. The number of benzene rings is 1. The van der Waals surface area contributed by atoms with Crippen molar-refractivity contribution in [3.8, 4) is 23.6 Å². The van der Waals surface area contributed by atoms with Crippen LogP contribution in [0.25, 0.3) is 11.6 Å². The van der Waals surface area contributed by atoms with Crippen molar-refractivity contribution in [3.63, 3.8) is 0 Å². The Hall–Kier alpha value is -3.01. The molecule has 0 unspecified atom stereocenters. The van der Waals surface area contributed by atoms with E-state index in [-0.39, 0.29) is 35.8 Å². The van der Waals surface area contributed by atoms with Gasteiger partial charge >= 0.3 is 0 Å². The van der Waals surface area contributed by atoms with E-state index < -0.39 is 0 Å². The summed E-state index contributed by atoms with van der Waals surface area (Å²) in [5.41, 5.74) is 6.97. The van der Waals surface area contributed by atoms with Crippen LogP contribution in [0.1, 0.15) is 23.7 Å². The van der Waals surface area contributed by atoms with Gasteiger partial charge in [0.25, 0.3) is 0 Å². The van der Waals surface area contributed by atoms with Crippen LogP contribution >= 0.6 is 15.9 Å². The van der Waals surface area contributed by atoms with Crippen LogP contribution in [-0.2, 0) is 6.54 Å². The number of aliphatic hydroxyl groups is 1. The van der Waals surface area contributed by atoms with Gasteiger partial charge in [-0.2, -0.15) is 15.6 Å². The van der Waals surface area contributed by atoms with E-state index in [1.54, 1.807) is 18.2 Å². The van der Waals surface area contributed by atoms with Crippen LogP contribution in [0.5, 0.6) is 11.5 Å². The van der Waals surface area contributed by atoms with Crippen molar-refractivity contribution >= 4 is 33.4 Å². The molecule has 0 saturated heterocycles. The maximum atomic E-state index is 9.60. The van der Waals surface area contributed by atoms with Gasteiger partial charge in [-0.15, -0.1) is 0 Å². The average molecular weight is 432 g/mol. The Morgan fingerprint density at radius 1 is 1.44 bits per heavy atom. The van der Waals surface area contributed by atoms with E-state index in [2.05, 4.69) is 27.1 Å². The van der Waals surface area contributed by atoms with Gasteiger partial charge in [0.2, 0.25) is 0 Å². The molecule has 1 aromatic carbocycles. The van der Waals surface area contributed by atoms with E-state index in [0.29, 0.717) is 28.1 Å². The van der Waals surface area contributed by atoms with Gasteiger partial charge in [-0.05, 0) is 46.6 Å². The molecule has 0 aliphatic rings. The van der Waals surface area contributed by atoms with Crippen molar-refractivity contribution < 1.29 is 14.6 Å². The summed E-state index contributed by atoms with van der Waals surface area (Å²) in [6.07, 6.45) is 1.58. The third-order valence-corrected chi connectivity index (χ3v) is 4.23. The fourth-order valence-electron chi connectivity index (χ4n) is 2.49. The highest BCUT2D eigenvalue weighted by molar-refractivity contribution is 9.10. The molecule has 9 heteroatoms. The molecule has 2 aromatic rings. The molecule has 0 amide bonds. The van der Waals surface area contributed by atoms with Gasteiger partial charge in [-0.3, -0.25) is 0 Å². The van der Waals surface area contributed by atoms with E-state index in [4.69, 9.17) is 20.3 Å². The first-order valence-electron chi connectivity index (χ1n) is 8.00. The van der Waals surface area contributed by atoms with Crippen LogP contribution in [0.4, 0.5) is 5.82 Å². The highest BCUT2D eigenvalue weighted by atomic mass is 79.9. The lowest BCUT2D eigenvalue weighted by molar-refractivity contribution is 0.270. The van der Waals surface area contributed by atoms with Gasteiger partial charge in [0, 0.05) is 0 Å². The first-order valence-corrected chi connectivity index (χ1v) is 8.79. The summed E-state index contributed by atoms with van der Waals surface area (Å²) in [6, 6.07) is 7.51. The SMILES string of the molecule is CCOc1cc(C=C(C#N)c2nn(CCO)c(N)c2C#N)cc(Br)c1OC. The Morgan fingerprint density at radius 3 is 2.74 bits per heavy atom. The first kappa shape index (κ1) is 20.3. The number of nitrogen functional groups attached to an aromatic ring is 1. The Morgan fingerprint density at radius 2 is 2.19 bits per heavy atom. The van der Waals surface area contributed by atoms with E-state index in [9.17, 15) is 10.5 Å². The maximum absolute atomic E-state index is 9.60. The molecular weight excluding hydrogens is 414 g/mol. The number of hydrogen-bond acceptors (Lipinski definition) is 7. The highest BCUT2D eigenvalue weighted by Crippen LogP contribution is 2.37. The summed E-state index contributed by atoms with van der Waals surface area (Å²) >= 11 is 3.42. The highest BCUT2D eigenvalue weighted by Gasteiger charge is 2.19. The number of nitrogens with two attached hydrogens (primary N) is 1. The Labute approximate surface area is 165 Å². The van der Waals surface area contributed by atoms with E-state index in [0.717, 1.165) is 0 Å². The second-order valence-electron chi connectivity index (χ2n) is 5.30. The van der Waals surface area contributed by atoms with E-state index >= 15 is 0 Å². The Bertz CT molecular complexity index is 953. The third kappa shape index (κ3) is 4.22. The molecule has 0 radical (unpaired) electrons. The third-order valence-electron chi connectivity index (χ3n) is 3.64. The van der Waals surface area contributed by atoms with Crippen LogP contribution in [0.3, 0.4) is 0 Å². The van der Waals surface area contributed by atoms with E-state index in [1.807, 2.05) is 13.0 Å². The molecule has 0 fully saturated rings. The predicted molar refractivity (Wildman–Crippen MR) is 104 cm³/mol. The molecule has 0 bridgehead atoms. The van der Waals surface area contributed by atoms with Crippen molar-refractivity contribution in [2.24, 2.45) is 0 Å². The molecule has 0 saturated carbocycles. The van der Waals surface area contributed by atoms with Gasteiger partial charge in [-0.1, -0.05) is 0 Å². The van der Waals surface area contributed by atoms with Gasteiger partial charge in [0.05, 0.1) is 36.9 Å². The van der Waals surface area contributed by atoms with Gasteiger partial charge in [-0.25, -0.2) is 4.68 Å². The van der Waals surface area contributed by atoms with Crippen molar-refractivity contribution in [1.82, 2.24) is 9.78 Å². The number of halogens is 1. The molecule has 3 N–H and O–H groups in total. The predicted octanol–water partition coefficient (Wildman–Crippen LogP) is 2.56. The second-order valence-corrected chi connectivity index (χ2v) is 6.16. The largest absolute Gasteiger partial charge is 0.492 e. The number of allylic oxidation sites excluding steroid dienone is 1. The number of nitriles is 2. The maximum Gasteiger partial charge on any atom is 0.174 e. The molecular formula is C18H18BrN5O3. The van der Waals surface area contributed by atoms with Crippen LogP contribution < -0.4 is 15.2 Å². The molecule has 1 aromatic heterocycles. The van der Waals surface area contributed by atoms with Crippen molar-refractivity contribution in [3.05, 3.63) is 33.4 Å². The minimum absolute atomic E-state index is 0.0915. The number of rotatable bonds is 7. The van der Waals surface area contributed by atoms with Crippen molar-refractivity contribution in [2.75, 3.05) is 26.1 Å². The summed E-state index contributed by atoms with van der Waals surface area (Å²) in [6.45, 7) is 2.24. The second kappa shape index (κ2) is 9.08. The lowest BCUT2D eigenvalue weighted by Gasteiger charge is -2.12. The van der Waals surface area contributed by atoms with Crippen molar-refractivity contribution in [2.45, 2.75) is 13.5 Å². The lowest BCUT2D eigenvalue weighted by atomic mass is 10.1. The molecule has 1 heterocycles. The molecule has 0 aliphatic carbocycles. The van der Waals surface area contributed by atoms with Crippen LogP contribution in [-0.4, -0.2) is 35.2 Å². The van der Waals surface area contributed by atoms with Crippen LogP contribution in [0.15, 0.2) is 16.6 Å². The number of hydrogen-bond donors (Lipinski definition) is 2. The molecule has 8 nitrogen and oxygen atoms in total. The van der Waals surface area contributed by atoms with Crippen LogP contribution in [0, 0.1) is 22.7 Å². The monoisotopic (exact) mass is 431 g/mol. The molecule has 0 atom stereocenters. The van der Waals surface area contributed by atoms with Gasteiger partial charge in [0.1, 0.15) is 29.2 Å². The summed E-state index contributed by atoms with van der Waals surface area (Å²) in [7, 11) is 1.54. The molecule has 140 valence electrons. The smallest absolute Gasteiger partial charge is 0.174 e. The minimum atomic E-state index is -0.190. The topological polar surface area (TPSA) is 130 Å². The molecule has 0 aliphatic heterocycles. The first-order chi connectivity index (χ1) is 13.0. The Kier molecular flexibility index (Phi) is 6.83.